The molecule has 8 heteroatoms. The lowest BCUT2D eigenvalue weighted by Crippen LogP contribution is -1.97. The molecule has 0 aliphatic rings. The van der Waals surface area contributed by atoms with Gasteiger partial charge in [-0.15, -0.1) is 4.26 Å². The second-order valence-electron chi connectivity index (χ2n) is 2.37. The molecular weight excluding hydrogens is 239 g/mol. The molecule has 0 fully saturated rings. The van der Waals surface area contributed by atoms with Crippen molar-refractivity contribution in [3.05, 3.63) is 24.3 Å². The Kier molecular flexibility index (Phi) is 3.15. The molecule has 0 spiro atoms. The van der Waals surface area contributed by atoms with Crippen molar-refractivity contribution in [3.8, 4) is 11.5 Å². The average Bonchev–Trinajstić information content (AvgIpc) is 2.23. The van der Waals surface area contributed by atoms with Crippen molar-refractivity contribution in [1.82, 2.24) is 13.3 Å². The molecular formula is C6H8N3O2P3. The standard InChI is InChI=1S/C6H8N3O2P3/c10-5-3-1-2-4-6(5)11-9-13-7-12-8-14-9/h1-4,7,10,12-13H. The monoisotopic (exact) mass is 247 g/mol. The third kappa shape index (κ3) is 2.33. The van der Waals surface area contributed by atoms with Crippen molar-refractivity contribution >= 4 is 25.5 Å². The number of rotatable bonds is 2. The van der Waals surface area contributed by atoms with E-state index in [0.717, 1.165) is 8.51 Å². The molecule has 0 radical (unpaired) electrons. The van der Waals surface area contributed by atoms with E-state index in [2.05, 4.69) is 9.02 Å². The number of H-pyrrole nitrogens is 1. The zero-order valence-corrected chi connectivity index (χ0v) is 9.90. The van der Waals surface area contributed by atoms with Gasteiger partial charge in [-0.05, 0) is 12.1 Å². The maximum Gasteiger partial charge on any atom is 0.198 e. The summed E-state index contributed by atoms with van der Waals surface area (Å²) in [7, 11) is 1.59. The van der Waals surface area contributed by atoms with Crippen LogP contribution >= 0.6 is 25.5 Å². The lowest BCUT2D eigenvalue weighted by atomic mass is 10.3. The lowest BCUT2D eigenvalue weighted by molar-refractivity contribution is 0.262. The highest BCUT2D eigenvalue weighted by molar-refractivity contribution is 7.44. The first-order valence-corrected chi connectivity index (χ1v) is 6.48. The van der Waals surface area contributed by atoms with Gasteiger partial charge in [-0.3, -0.25) is 0 Å². The first-order chi connectivity index (χ1) is 6.86. The fraction of sp³-hybridized carbons (Fsp3) is 0. The zero-order chi connectivity index (χ0) is 9.80. The van der Waals surface area contributed by atoms with Gasteiger partial charge in [-0.25, -0.2) is 0 Å². The molecule has 14 heavy (non-hydrogen) atoms. The molecule has 0 aliphatic carbocycles. The SMILES string of the molecule is Oc1ccccc1On1pn[pH][nH][pH]1. The third-order valence-electron chi connectivity index (χ3n) is 1.43. The highest BCUT2D eigenvalue weighted by Gasteiger charge is 2.00. The molecule has 2 rings (SSSR count). The second-order valence-corrected chi connectivity index (χ2v) is 5.94. The van der Waals surface area contributed by atoms with Crippen LogP contribution in [0.25, 0.3) is 0 Å². The number of nitrogens with zero attached hydrogens (tertiary/aromatic N) is 2. The number of hydrogen-bond acceptors (Lipinski definition) is 3. The van der Waals surface area contributed by atoms with E-state index in [1.165, 1.54) is 0 Å². The molecule has 74 valence electrons. The number of aromatic nitrogens is 3. The number of aromatic amines is 1. The Balaban J connectivity index is 2.24. The van der Waals surface area contributed by atoms with Gasteiger partial charge >= 0.3 is 0 Å². The Bertz CT molecular complexity index is 428. The fourth-order valence-electron chi connectivity index (χ4n) is 0.852. The van der Waals surface area contributed by atoms with Crippen LogP contribution in [-0.4, -0.2) is 18.4 Å². The number of aromatic hydroxyl groups is 1. The van der Waals surface area contributed by atoms with Gasteiger partial charge in [0.15, 0.2) is 20.0 Å². The Hall–Kier alpha value is -0.880. The van der Waals surface area contributed by atoms with Crippen LogP contribution in [0.5, 0.6) is 11.5 Å². The Labute approximate surface area is 85.1 Å². The molecule has 0 saturated heterocycles. The van der Waals surface area contributed by atoms with Crippen molar-refractivity contribution in [2.75, 3.05) is 0 Å². The van der Waals surface area contributed by atoms with Crippen LogP contribution in [-0.2, 0) is 0 Å². The number of phenols is 1. The molecule has 0 bridgehead atoms. The largest absolute Gasteiger partial charge is 0.504 e. The van der Waals surface area contributed by atoms with Crippen LogP contribution in [0.1, 0.15) is 0 Å². The van der Waals surface area contributed by atoms with Gasteiger partial charge in [0.2, 0.25) is 0 Å². The van der Waals surface area contributed by atoms with Gasteiger partial charge in [0.05, 0.1) is 8.51 Å². The molecule has 5 nitrogen and oxygen atoms in total. The lowest BCUT2D eigenvalue weighted by Gasteiger charge is -2.06. The highest BCUT2D eigenvalue weighted by atomic mass is 31.1. The summed E-state index contributed by atoms with van der Waals surface area (Å²) >= 11 is 0. The molecule has 0 aliphatic heterocycles. The molecule has 1 aromatic heterocycles. The normalized spacial score (nSPS) is 11.4. The summed E-state index contributed by atoms with van der Waals surface area (Å²) in [6.45, 7) is 0. The Morgan fingerprint density at radius 2 is 2.36 bits per heavy atom. The average molecular weight is 247 g/mol. The minimum absolute atomic E-state index is 0.139. The van der Waals surface area contributed by atoms with E-state index in [1.54, 1.807) is 22.5 Å². The van der Waals surface area contributed by atoms with Gasteiger partial charge < -0.3 is 14.5 Å². The zero-order valence-electron chi connectivity index (χ0n) is 7.01. The van der Waals surface area contributed by atoms with E-state index < -0.39 is 0 Å². The molecule has 1 heterocycles. The van der Waals surface area contributed by atoms with Crippen molar-refractivity contribution < 1.29 is 9.94 Å². The first-order valence-electron chi connectivity index (χ1n) is 3.78. The summed E-state index contributed by atoms with van der Waals surface area (Å²) in [6.07, 6.45) is 0. The molecule has 2 atom stereocenters. The molecule has 2 N–H and O–H groups in total. The van der Waals surface area contributed by atoms with Crippen molar-refractivity contribution in [2.45, 2.75) is 0 Å². The smallest absolute Gasteiger partial charge is 0.198 e. The van der Waals surface area contributed by atoms with E-state index in [4.69, 9.17) is 4.84 Å². The number of para-hydroxylation sites is 2. The summed E-state index contributed by atoms with van der Waals surface area (Å²) < 4.78 is 8.82. The van der Waals surface area contributed by atoms with Gasteiger partial charge in [0.1, 0.15) is 0 Å². The van der Waals surface area contributed by atoms with E-state index in [0.29, 0.717) is 22.8 Å². The maximum atomic E-state index is 9.44. The van der Waals surface area contributed by atoms with Crippen molar-refractivity contribution in [2.24, 2.45) is 0 Å². The highest BCUT2D eigenvalue weighted by Crippen LogP contribution is 2.26. The van der Waals surface area contributed by atoms with Gasteiger partial charge in [0.25, 0.3) is 0 Å². The summed E-state index contributed by atoms with van der Waals surface area (Å²) in [5, 5.41) is 9.44. The minimum Gasteiger partial charge on any atom is -0.504 e. The van der Waals surface area contributed by atoms with E-state index >= 15 is 0 Å². The van der Waals surface area contributed by atoms with Crippen LogP contribution in [0.3, 0.4) is 0 Å². The summed E-state index contributed by atoms with van der Waals surface area (Å²) in [6, 6.07) is 6.87. The maximum absolute atomic E-state index is 9.44. The number of nitrogens with one attached hydrogen (secondary N) is 1. The second kappa shape index (κ2) is 4.56. The summed E-state index contributed by atoms with van der Waals surface area (Å²) in [4.78, 5) is 5.42. The van der Waals surface area contributed by atoms with Crippen LogP contribution in [0.4, 0.5) is 0 Å². The molecule has 2 unspecified atom stereocenters. The first kappa shape index (κ1) is 9.67. The molecule has 0 saturated carbocycles. The van der Waals surface area contributed by atoms with Crippen LogP contribution in [0, 0.1) is 0 Å². The topological polar surface area (TPSA) is 63.1 Å². The Morgan fingerprint density at radius 1 is 1.50 bits per heavy atom. The van der Waals surface area contributed by atoms with Gasteiger partial charge in [0, 0.05) is 8.51 Å². The Morgan fingerprint density at radius 3 is 3.07 bits per heavy atom. The number of hydrogen-bond donors (Lipinski definition) is 2. The predicted octanol–water partition coefficient (Wildman–Crippen LogP) is 2.53. The summed E-state index contributed by atoms with van der Waals surface area (Å²) in [5.74, 6) is 0.593. The van der Waals surface area contributed by atoms with Crippen LogP contribution < -0.4 is 4.84 Å². The molecule has 0 amide bonds. The quantitative estimate of drug-likeness (QED) is 0.856. The van der Waals surface area contributed by atoms with E-state index in [-0.39, 0.29) is 5.75 Å². The number of benzene rings is 1. The predicted molar refractivity (Wildman–Crippen MR) is 59.9 cm³/mol. The summed E-state index contributed by atoms with van der Waals surface area (Å²) in [5.41, 5.74) is 0. The van der Waals surface area contributed by atoms with Gasteiger partial charge in [-0.1, -0.05) is 12.1 Å². The molecule has 1 aromatic carbocycles. The third-order valence-corrected chi connectivity index (χ3v) is 4.18. The number of phenolic OH excluding ortho intramolecular Hbond substituents is 1. The van der Waals surface area contributed by atoms with Crippen molar-refractivity contribution in [3.63, 3.8) is 0 Å². The van der Waals surface area contributed by atoms with E-state index in [9.17, 15) is 5.11 Å². The fourth-order valence-corrected chi connectivity index (χ4v) is 3.89. The van der Waals surface area contributed by atoms with E-state index in [1.807, 2.05) is 6.07 Å². The van der Waals surface area contributed by atoms with Crippen molar-refractivity contribution in [1.29, 1.82) is 0 Å². The van der Waals surface area contributed by atoms with Gasteiger partial charge in [-0.2, -0.15) is 4.51 Å². The minimum atomic E-state index is 0.139. The molecule has 2 aromatic rings. The van der Waals surface area contributed by atoms with Crippen LogP contribution in [0.2, 0.25) is 0 Å². The van der Waals surface area contributed by atoms with Crippen LogP contribution in [0.15, 0.2) is 24.3 Å².